The largest absolute Gasteiger partial charge is 0.460 e. The van der Waals surface area contributed by atoms with Gasteiger partial charge in [0.25, 0.3) is 0 Å². The van der Waals surface area contributed by atoms with Gasteiger partial charge in [-0.15, -0.1) is 0 Å². The fourth-order valence-corrected chi connectivity index (χ4v) is 6.52. The molecule has 1 aromatic carbocycles. The van der Waals surface area contributed by atoms with Gasteiger partial charge in [0.2, 0.25) is 11.8 Å². The van der Waals surface area contributed by atoms with Gasteiger partial charge in [-0.1, -0.05) is 6.07 Å². The van der Waals surface area contributed by atoms with Gasteiger partial charge in [0, 0.05) is 19.5 Å². The molecule has 1 saturated carbocycles. The standard InChI is InChI=1S/C29H40N4O5/c1-29(2,3)38-27(36)19-5-8-21(9-6-19)32-15-13-18(14-16-32)20-7-10-22-24(17-20)31(4)28(37)33(22)23-11-12-25(34)30-26(23)35/h7,10,17-19,21,23H,5-6,8-9,11-16H2,1-4H3,(H,30,34,35). The van der Waals surface area contributed by atoms with Crippen molar-refractivity contribution in [3.8, 4) is 0 Å². The molecule has 38 heavy (non-hydrogen) atoms. The molecule has 0 radical (unpaired) electrons. The number of aryl methyl sites for hydroxylation is 1. The van der Waals surface area contributed by atoms with Crippen molar-refractivity contribution < 1.29 is 19.1 Å². The highest BCUT2D eigenvalue weighted by Gasteiger charge is 2.34. The van der Waals surface area contributed by atoms with Crippen LogP contribution in [0.5, 0.6) is 0 Å². The summed E-state index contributed by atoms with van der Waals surface area (Å²) in [5.74, 6) is -0.306. The predicted octanol–water partition coefficient (Wildman–Crippen LogP) is 3.40. The summed E-state index contributed by atoms with van der Waals surface area (Å²) >= 11 is 0. The summed E-state index contributed by atoms with van der Waals surface area (Å²) in [5, 5.41) is 2.37. The first kappa shape index (κ1) is 26.7. The summed E-state index contributed by atoms with van der Waals surface area (Å²) in [6.07, 6.45) is 6.55. The summed E-state index contributed by atoms with van der Waals surface area (Å²) in [6.45, 7) is 7.82. The van der Waals surface area contributed by atoms with E-state index in [4.69, 9.17) is 4.74 Å². The third kappa shape index (κ3) is 5.30. The molecule has 3 fully saturated rings. The quantitative estimate of drug-likeness (QED) is 0.486. The molecule has 2 saturated heterocycles. The van der Waals surface area contributed by atoms with Gasteiger partial charge in [0.15, 0.2) is 0 Å². The Bertz CT molecular complexity index is 1290. The molecule has 5 rings (SSSR count). The number of amides is 2. The van der Waals surface area contributed by atoms with E-state index in [1.54, 1.807) is 11.6 Å². The second-order valence-corrected chi connectivity index (χ2v) is 12.3. The molecule has 1 N–H and O–H groups in total. The topological polar surface area (TPSA) is 103 Å². The smallest absolute Gasteiger partial charge is 0.329 e. The Labute approximate surface area is 223 Å². The molecule has 1 unspecified atom stereocenters. The molecule has 3 aliphatic rings. The minimum Gasteiger partial charge on any atom is -0.460 e. The predicted molar refractivity (Wildman–Crippen MR) is 144 cm³/mol. The van der Waals surface area contributed by atoms with E-state index in [9.17, 15) is 19.2 Å². The van der Waals surface area contributed by atoms with Crippen LogP contribution in [-0.2, 0) is 26.2 Å². The number of hydrogen-bond donors (Lipinski definition) is 1. The third-order valence-electron chi connectivity index (χ3n) is 8.59. The number of aromatic nitrogens is 2. The van der Waals surface area contributed by atoms with Crippen molar-refractivity contribution in [2.24, 2.45) is 13.0 Å². The van der Waals surface area contributed by atoms with E-state index in [2.05, 4.69) is 22.3 Å². The van der Waals surface area contributed by atoms with Crippen LogP contribution in [0.4, 0.5) is 0 Å². The van der Waals surface area contributed by atoms with E-state index < -0.39 is 17.6 Å². The van der Waals surface area contributed by atoms with Gasteiger partial charge in [-0.05, 0) is 102 Å². The Morgan fingerprint density at radius 1 is 0.947 bits per heavy atom. The van der Waals surface area contributed by atoms with Crippen LogP contribution in [0.15, 0.2) is 23.0 Å². The number of hydrogen-bond acceptors (Lipinski definition) is 6. The first-order valence-electron chi connectivity index (χ1n) is 14.0. The number of piperidine rings is 2. The van der Waals surface area contributed by atoms with Crippen LogP contribution in [0, 0.1) is 5.92 Å². The number of rotatable bonds is 4. The van der Waals surface area contributed by atoms with E-state index in [0.29, 0.717) is 18.4 Å². The fourth-order valence-electron chi connectivity index (χ4n) is 6.52. The summed E-state index contributed by atoms with van der Waals surface area (Å²) in [7, 11) is 1.74. The number of imidazole rings is 1. The Kier molecular flexibility index (Phi) is 7.24. The number of carbonyl (C=O) groups is 3. The molecule has 2 aliphatic heterocycles. The van der Waals surface area contributed by atoms with Crippen molar-refractivity contribution in [3.05, 3.63) is 34.2 Å². The second-order valence-electron chi connectivity index (χ2n) is 12.3. The zero-order valence-electron chi connectivity index (χ0n) is 23.0. The normalized spacial score (nSPS) is 25.9. The van der Waals surface area contributed by atoms with Crippen LogP contribution in [-0.4, -0.2) is 56.6 Å². The SMILES string of the molecule is Cn1c(=O)n(C2CCC(=O)NC2=O)c2ccc(C3CCN(C4CCC(C(=O)OC(C)(C)C)CC4)CC3)cc21. The maximum atomic E-state index is 13.1. The molecule has 9 heteroatoms. The summed E-state index contributed by atoms with van der Waals surface area (Å²) in [5.41, 5.74) is 2.11. The monoisotopic (exact) mass is 524 g/mol. The Morgan fingerprint density at radius 3 is 2.26 bits per heavy atom. The molecule has 206 valence electrons. The Hall–Kier alpha value is -2.94. The highest BCUT2D eigenvalue weighted by atomic mass is 16.6. The van der Waals surface area contributed by atoms with Crippen molar-refractivity contribution in [1.82, 2.24) is 19.4 Å². The molecule has 9 nitrogen and oxygen atoms in total. The number of carbonyl (C=O) groups excluding carboxylic acids is 3. The minimum absolute atomic E-state index is 0.0221. The van der Waals surface area contributed by atoms with Crippen LogP contribution in [0.1, 0.15) is 89.7 Å². The van der Waals surface area contributed by atoms with E-state index in [0.717, 1.165) is 62.6 Å². The Morgan fingerprint density at radius 2 is 1.63 bits per heavy atom. The number of nitrogens with one attached hydrogen (secondary N) is 1. The molecule has 1 aliphatic carbocycles. The van der Waals surface area contributed by atoms with Gasteiger partial charge >= 0.3 is 11.7 Å². The van der Waals surface area contributed by atoms with Gasteiger partial charge in [-0.25, -0.2) is 4.79 Å². The average molecular weight is 525 g/mol. The summed E-state index contributed by atoms with van der Waals surface area (Å²) in [4.78, 5) is 52.2. The first-order chi connectivity index (χ1) is 18.0. The summed E-state index contributed by atoms with van der Waals surface area (Å²) < 4.78 is 8.75. The number of fused-ring (bicyclic) bond motifs is 1. The average Bonchev–Trinajstić information content (AvgIpc) is 3.12. The van der Waals surface area contributed by atoms with Crippen molar-refractivity contribution in [1.29, 1.82) is 0 Å². The van der Waals surface area contributed by atoms with Crippen molar-refractivity contribution >= 4 is 28.8 Å². The van der Waals surface area contributed by atoms with Crippen LogP contribution in [0.25, 0.3) is 11.0 Å². The lowest BCUT2D eigenvalue weighted by molar-refractivity contribution is -0.161. The van der Waals surface area contributed by atoms with E-state index in [1.807, 2.05) is 26.8 Å². The molecule has 3 heterocycles. The van der Waals surface area contributed by atoms with Gasteiger partial charge in [-0.2, -0.15) is 0 Å². The fraction of sp³-hybridized carbons (Fsp3) is 0.655. The van der Waals surface area contributed by atoms with Crippen LogP contribution in [0.3, 0.4) is 0 Å². The van der Waals surface area contributed by atoms with Crippen molar-refractivity contribution in [2.75, 3.05) is 13.1 Å². The molecular weight excluding hydrogens is 484 g/mol. The number of imide groups is 1. The molecule has 2 amide bonds. The molecule has 0 bridgehead atoms. The number of esters is 1. The number of nitrogens with zero attached hydrogens (tertiary/aromatic N) is 3. The van der Waals surface area contributed by atoms with E-state index in [-0.39, 0.29) is 29.9 Å². The van der Waals surface area contributed by atoms with Crippen LogP contribution >= 0.6 is 0 Å². The van der Waals surface area contributed by atoms with Crippen molar-refractivity contribution in [2.45, 2.75) is 95.7 Å². The Balaban J connectivity index is 1.22. The number of benzene rings is 1. The zero-order chi connectivity index (χ0) is 27.2. The second kappa shape index (κ2) is 10.3. The highest BCUT2D eigenvalue weighted by Crippen LogP contribution is 2.35. The first-order valence-corrected chi connectivity index (χ1v) is 14.0. The van der Waals surface area contributed by atoms with Gasteiger partial charge in [-0.3, -0.25) is 28.8 Å². The number of ether oxygens (including phenoxy) is 1. The zero-order valence-corrected chi connectivity index (χ0v) is 23.0. The van der Waals surface area contributed by atoms with E-state index >= 15 is 0 Å². The lowest BCUT2D eigenvalue weighted by Crippen LogP contribution is -2.44. The van der Waals surface area contributed by atoms with Gasteiger partial charge in [0.1, 0.15) is 11.6 Å². The molecule has 0 spiro atoms. The third-order valence-corrected chi connectivity index (χ3v) is 8.59. The van der Waals surface area contributed by atoms with Crippen LogP contribution in [0.2, 0.25) is 0 Å². The lowest BCUT2D eigenvalue weighted by Gasteiger charge is -2.40. The maximum absolute atomic E-state index is 13.1. The molecule has 1 atom stereocenters. The maximum Gasteiger partial charge on any atom is 0.329 e. The van der Waals surface area contributed by atoms with E-state index in [1.165, 1.54) is 10.1 Å². The van der Waals surface area contributed by atoms with Crippen molar-refractivity contribution in [3.63, 3.8) is 0 Å². The number of likely N-dealkylation sites (tertiary alicyclic amines) is 1. The summed E-state index contributed by atoms with van der Waals surface area (Å²) in [6, 6.07) is 6.02. The highest BCUT2D eigenvalue weighted by molar-refractivity contribution is 6.00. The molecule has 1 aromatic heterocycles. The van der Waals surface area contributed by atoms with Gasteiger partial charge in [0.05, 0.1) is 17.0 Å². The molecule has 2 aromatic rings. The lowest BCUT2D eigenvalue weighted by atomic mass is 9.83. The van der Waals surface area contributed by atoms with Gasteiger partial charge < -0.3 is 9.64 Å². The van der Waals surface area contributed by atoms with Crippen LogP contribution < -0.4 is 11.0 Å². The minimum atomic E-state index is -0.664. The molecular formula is C29H40N4O5.